The van der Waals surface area contributed by atoms with Gasteiger partial charge in [-0.1, -0.05) is 25.4 Å². The second-order valence-corrected chi connectivity index (χ2v) is 8.06. The highest BCUT2D eigenvalue weighted by molar-refractivity contribution is 7.89. The van der Waals surface area contributed by atoms with Gasteiger partial charge in [0, 0.05) is 18.8 Å². The van der Waals surface area contributed by atoms with Gasteiger partial charge in [-0.05, 0) is 37.7 Å². The predicted octanol–water partition coefficient (Wildman–Crippen LogP) is 1.79. The van der Waals surface area contributed by atoms with Crippen LogP contribution < -0.4 is 10.5 Å². The average molecular weight is 320 g/mol. The van der Waals surface area contributed by atoms with Gasteiger partial charge in [-0.2, -0.15) is 0 Å². The van der Waals surface area contributed by atoms with E-state index in [0.717, 1.165) is 6.54 Å². The first-order valence-electron chi connectivity index (χ1n) is 6.23. The highest BCUT2D eigenvalue weighted by Crippen LogP contribution is 2.24. The van der Waals surface area contributed by atoms with E-state index in [0.29, 0.717) is 12.2 Å². The third-order valence-electron chi connectivity index (χ3n) is 2.73. The first-order valence-corrected chi connectivity index (χ1v) is 8.09. The molecule has 0 aliphatic carbocycles. The van der Waals surface area contributed by atoms with Crippen molar-refractivity contribution in [2.24, 2.45) is 5.41 Å². The van der Waals surface area contributed by atoms with Crippen LogP contribution in [-0.2, 0) is 10.0 Å². The Morgan fingerprint density at radius 3 is 2.45 bits per heavy atom. The number of nitrogen functional groups attached to an aromatic ring is 1. The summed E-state index contributed by atoms with van der Waals surface area (Å²) in [5.41, 5.74) is 5.81. The Labute approximate surface area is 126 Å². The van der Waals surface area contributed by atoms with E-state index in [1.54, 1.807) is 0 Å². The molecule has 0 spiro atoms. The number of rotatable bonds is 6. The number of hydrogen-bond acceptors (Lipinski definition) is 4. The predicted molar refractivity (Wildman–Crippen MR) is 83.4 cm³/mol. The number of halogens is 1. The van der Waals surface area contributed by atoms with E-state index in [2.05, 4.69) is 4.72 Å². The Hall–Kier alpha value is -0.820. The van der Waals surface area contributed by atoms with Gasteiger partial charge in [-0.15, -0.1) is 0 Å². The van der Waals surface area contributed by atoms with Crippen LogP contribution in [-0.4, -0.2) is 40.5 Å². The van der Waals surface area contributed by atoms with Crippen molar-refractivity contribution in [1.29, 1.82) is 0 Å². The van der Waals surface area contributed by atoms with Crippen molar-refractivity contribution < 1.29 is 8.42 Å². The molecule has 0 radical (unpaired) electrons. The number of anilines is 1. The smallest absolute Gasteiger partial charge is 0.242 e. The van der Waals surface area contributed by atoms with Crippen LogP contribution in [0.1, 0.15) is 13.8 Å². The molecular formula is C13H22ClN3O2S. The van der Waals surface area contributed by atoms with Crippen LogP contribution in [0.5, 0.6) is 0 Å². The maximum absolute atomic E-state index is 12.2. The van der Waals surface area contributed by atoms with Gasteiger partial charge in [0.1, 0.15) is 4.90 Å². The lowest BCUT2D eigenvalue weighted by atomic mass is 9.93. The van der Waals surface area contributed by atoms with Crippen molar-refractivity contribution in [2.75, 3.05) is 32.9 Å². The van der Waals surface area contributed by atoms with Gasteiger partial charge in [-0.25, -0.2) is 13.1 Å². The number of nitrogens with two attached hydrogens (primary N) is 1. The monoisotopic (exact) mass is 319 g/mol. The molecule has 0 aliphatic rings. The fourth-order valence-corrected chi connectivity index (χ4v) is 3.81. The third-order valence-corrected chi connectivity index (χ3v) is 4.61. The lowest BCUT2D eigenvalue weighted by molar-refractivity contribution is 0.242. The summed E-state index contributed by atoms with van der Waals surface area (Å²) in [6.45, 7) is 5.10. The van der Waals surface area contributed by atoms with E-state index in [4.69, 9.17) is 17.3 Å². The van der Waals surface area contributed by atoms with E-state index in [-0.39, 0.29) is 15.3 Å². The maximum Gasteiger partial charge on any atom is 0.242 e. The van der Waals surface area contributed by atoms with Gasteiger partial charge in [-0.3, -0.25) is 0 Å². The van der Waals surface area contributed by atoms with Crippen molar-refractivity contribution in [3.05, 3.63) is 23.2 Å². The molecule has 1 aromatic rings. The molecule has 114 valence electrons. The Bertz CT molecular complexity index is 571. The summed E-state index contributed by atoms with van der Waals surface area (Å²) < 4.78 is 27.1. The van der Waals surface area contributed by atoms with E-state index in [1.807, 2.05) is 32.8 Å². The van der Waals surface area contributed by atoms with Crippen molar-refractivity contribution in [3.8, 4) is 0 Å². The molecule has 0 bridgehead atoms. The van der Waals surface area contributed by atoms with Gasteiger partial charge in [0.05, 0.1) is 5.02 Å². The van der Waals surface area contributed by atoms with Crippen LogP contribution in [0.2, 0.25) is 5.02 Å². The minimum Gasteiger partial charge on any atom is -0.399 e. The first-order chi connectivity index (χ1) is 9.03. The lowest BCUT2D eigenvalue weighted by Crippen LogP contribution is -2.40. The normalized spacial score (nSPS) is 12.9. The minimum atomic E-state index is -3.63. The second-order valence-electron chi connectivity index (χ2n) is 5.92. The molecule has 3 N–H and O–H groups in total. The Kier molecular flexibility index (Phi) is 5.43. The van der Waals surface area contributed by atoms with Crippen LogP contribution in [0.4, 0.5) is 5.69 Å². The minimum absolute atomic E-state index is 0.0500. The SMILES string of the molecule is CN(C)CC(C)(C)CNS(=O)(=O)c1ccc(N)cc1Cl. The van der Waals surface area contributed by atoms with Gasteiger partial charge in [0.25, 0.3) is 0 Å². The highest BCUT2D eigenvalue weighted by atomic mass is 35.5. The molecule has 0 saturated carbocycles. The summed E-state index contributed by atoms with van der Waals surface area (Å²) in [4.78, 5) is 2.07. The topological polar surface area (TPSA) is 75.4 Å². The van der Waals surface area contributed by atoms with E-state index in [1.165, 1.54) is 18.2 Å². The van der Waals surface area contributed by atoms with E-state index >= 15 is 0 Å². The lowest BCUT2D eigenvalue weighted by Gasteiger charge is -2.28. The van der Waals surface area contributed by atoms with Crippen LogP contribution >= 0.6 is 11.6 Å². The van der Waals surface area contributed by atoms with Crippen molar-refractivity contribution in [2.45, 2.75) is 18.7 Å². The average Bonchev–Trinajstić information content (AvgIpc) is 2.24. The van der Waals surface area contributed by atoms with Crippen LogP contribution in [0, 0.1) is 5.41 Å². The van der Waals surface area contributed by atoms with Gasteiger partial charge < -0.3 is 10.6 Å². The second kappa shape index (κ2) is 6.30. The van der Waals surface area contributed by atoms with Gasteiger partial charge in [0.15, 0.2) is 0 Å². The summed E-state index contributed by atoms with van der Waals surface area (Å²) in [7, 11) is 0.270. The number of benzene rings is 1. The van der Waals surface area contributed by atoms with E-state index < -0.39 is 10.0 Å². The fraction of sp³-hybridized carbons (Fsp3) is 0.538. The van der Waals surface area contributed by atoms with Gasteiger partial charge in [0.2, 0.25) is 10.0 Å². The van der Waals surface area contributed by atoms with Crippen LogP contribution in [0.3, 0.4) is 0 Å². The molecule has 7 heteroatoms. The fourth-order valence-electron chi connectivity index (χ4n) is 2.02. The number of nitrogens with zero attached hydrogens (tertiary/aromatic N) is 1. The van der Waals surface area contributed by atoms with Crippen molar-refractivity contribution in [3.63, 3.8) is 0 Å². The zero-order valence-electron chi connectivity index (χ0n) is 12.3. The van der Waals surface area contributed by atoms with E-state index in [9.17, 15) is 8.42 Å². The standard InChI is InChI=1S/C13H22ClN3O2S/c1-13(2,9-17(3)4)8-16-20(18,19)12-6-5-10(15)7-11(12)14/h5-7,16H,8-9,15H2,1-4H3. The van der Waals surface area contributed by atoms with Crippen molar-refractivity contribution in [1.82, 2.24) is 9.62 Å². The quantitative estimate of drug-likeness (QED) is 0.784. The highest BCUT2D eigenvalue weighted by Gasteiger charge is 2.24. The summed E-state index contributed by atoms with van der Waals surface area (Å²) in [6.07, 6.45) is 0. The summed E-state index contributed by atoms with van der Waals surface area (Å²) >= 11 is 5.94. The summed E-state index contributed by atoms with van der Waals surface area (Å²) in [6, 6.07) is 4.37. The number of hydrogen-bond donors (Lipinski definition) is 2. The van der Waals surface area contributed by atoms with Crippen LogP contribution in [0.25, 0.3) is 0 Å². The number of nitrogens with one attached hydrogen (secondary N) is 1. The summed E-state index contributed by atoms with van der Waals surface area (Å²) in [5, 5.41) is 0.128. The molecule has 0 aliphatic heterocycles. The number of sulfonamides is 1. The Morgan fingerprint density at radius 1 is 1.35 bits per heavy atom. The molecular weight excluding hydrogens is 298 g/mol. The molecule has 5 nitrogen and oxygen atoms in total. The molecule has 0 amide bonds. The Balaban J connectivity index is 2.85. The largest absolute Gasteiger partial charge is 0.399 e. The Morgan fingerprint density at radius 2 is 1.95 bits per heavy atom. The zero-order chi connectivity index (χ0) is 15.6. The first kappa shape index (κ1) is 17.2. The molecule has 0 unspecified atom stereocenters. The molecule has 0 fully saturated rings. The molecule has 0 saturated heterocycles. The molecule has 0 atom stereocenters. The third kappa shape index (κ3) is 4.94. The molecule has 1 aromatic carbocycles. The van der Waals surface area contributed by atoms with Gasteiger partial charge >= 0.3 is 0 Å². The molecule has 20 heavy (non-hydrogen) atoms. The van der Waals surface area contributed by atoms with Crippen LogP contribution in [0.15, 0.2) is 23.1 Å². The molecule has 1 rings (SSSR count). The maximum atomic E-state index is 12.2. The molecule has 0 aromatic heterocycles. The summed E-state index contributed by atoms with van der Waals surface area (Å²) in [5.74, 6) is 0. The zero-order valence-corrected chi connectivity index (χ0v) is 13.8. The van der Waals surface area contributed by atoms with Crippen molar-refractivity contribution >= 4 is 27.3 Å². The molecule has 0 heterocycles.